The zero-order valence-corrected chi connectivity index (χ0v) is 12.3. The lowest BCUT2D eigenvalue weighted by Crippen LogP contribution is -2.13. The summed E-state index contributed by atoms with van der Waals surface area (Å²) in [7, 11) is 0. The highest BCUT2D eigenvalue weighted by Gasteiger charge is 2.26. The van der Waals surface area contributed by atoms with E-state index in [0.717, 1.165) is 34.9 Å². The van der Waals surface area contributed by atoms with Crippen molar-refractivity contribution < 1.29 is 4.74 Å². The summed E-state index contributed by atoms with van der Waals surface area (Å²) in [5.41, 5.74) is 0. The van der Waals surface area contributed by atoms with Crippen molar-refractivity contribution in [1.82, 2.24) is 9.97 Å². The fourth-order valence-electron chi connectivity index (χ4n) is 1.74. The molecular formula is C11H16BrN3OS. The van der Waals surface area contributed by atoms with E-state index in [1.54, 1.807) is 18.1 Å². The monoisotopic (exact) mass is 317 g/mol. The molecule has 0 amide bonds. The summed E-state index contributed by atoms with van der Waals surface area (Å²) < 4.78 is 6.51. The zero-order valence-electron chi connectivity index (χ0n) is 9.94. The Hall–Kier alpha value is -0.330. The number of ether oxygens (including phenoxy) is 1. The Morgan fingerprint density at radius 1 is 1.59 bits per heavy atom. The second kappa shape index (κ2) is 6.02. The van der Waals surface area contributed by atoms with Crippen LogP contribution in [0.3, 0.4) is 0 Å². The first-order chi connectivity index (χ1) is 8.22. The van der Waals surface area contributed by atoms with E-state index in [1.165, 1.54) is 0 Å². The van der Waals surface area contributed by atoms with Crippen molar-refractivity contribution >= 4 is 33.5 Å². The molecule has 17 heavy (non-hydrogen) atoms. The summed E-state index contributed by atoms with van der Waals surface area (Å²) >= 11 is 5.32. The van der Waals surface area contributed by atoms with Crippen molar-refractivity contribution in [3.05, 3.63) is 10.8 Å². The lowest BCUT2D eigenvalue weighted by atomic mass is 10.3. The summed E-state index contributed by atoms with van der Waals surface area (Å²) in [5, 5.41) is 4.68. The normalized spacial score (nSPS) is 23.9. The summed E-state index contributed by atoms with van der Waals surface area (Å²) in [5.74, 6) is 0.858. The van der Waals surface area contributed by atoms with E-state index < -0.39 is 0 Å². The fourth-order valence-corrected chi connectivity index (χ4v) is 3.44. The van der Waals surface area contributed by atoms with Crippen molar-refractivity contribution in [3.8, 4) is 0 Å². The minimum absolute atomic E-state index is 0.296. The topological polar surface area (TPSA) is 47.0 Å². The average molecular weight is 318 g/mol. The van der Waals surface area contributed by atoms with Gasteiger partial charge >= 0.3 is 0 Å². The van der Waals surface area contributed by atoms with E-state index in [9.17, 15) is 0 Å². The van der Waals surface area contributed by atoms with Crippen LogP contribution in [0.4, 0.5) is 5.82 Å². The smallest absolute Gasteiger partial charge is 0.144 e. The van der Waals surface area contributed by atoms with Gasteiger partial charge in [0.25, 0.3) is 0 Å². The number of nitrogens with one attached hydrogen (secondary N) is 1. The molecule has 1 aromatic rings. The predicted molar refractivity (Wildman–Crippen MR) is 73.6 cm³/mol. The largest absolute Gasteiger partial charge is 0.377 e. The molecule has 1 aliphatic rings. The Balaban J connectivity index is 2.12. The summed E-state index contributed by atoms with van der Waals surface area (Å²) in [6.45, 7) is 5.86. The van der Waals surface area contributed by atoms with E-state index >= 15 is 0 Å². The second-order valence-electron chi connectivity index (χ2n) is 3.89. The van der Waals surface area contributed by atoms with Gasteiger partial charge in [-0.3, -0.25) is 0 Å². The van der Waals surface area contributed by atoms with Crippen LogP contribution in [0.25, 0.3) is 0 Å². The third-order valence-corrected chi connectivity index (χ3v) is 5.14. The maximum absolute atomic E-state index is 5.56. The molecule has 0 bridgehead atoms. The lowest BCUT2D eigenvalue weighted by molar-refractivity contribution is 0.127. The SMILES string of the molecule is CCNc1ncnc(SC2CCOC2C)c1Br. The lowest BCUT2D eigenvalue weighted by Gasteiger charge is -2.14. The third kappa shape index (κ3) is 3.11. The summed E-state index contributed by atoms with van der Waals surface area (Å²) in [6.07, 6.45) is 2.98. The molecule has 94 valence electrons. The quantitative estimate of drug-likeness (QED) is 0.865. The molecule has 0 spiro atoms. The minimum atomic E-state index is 0.296. The van der Waals surface area contributed by atoms with Gasteiger partial charge in [-0.25, -0.2) is 9.97 Å². The second-order valence-corrected chi connectivity index (χ2v) is 5.91. The number of anilines is 1. The number of hydrogen-bond acceptors (Lipinski definition) is 5. The summed E-state index contributed by atoms with van der Waals surface area (Å²) in [4.78, 5) is 8.54. The van der Waals surface area contributed by atoms with Gasteiger partial charge in [-0.15, -0.1) is 0 Å². The maximum atomic E-state index is 5.56. The van der Waals surface area contributed by atoms with Crippen LogP contribution in [0.15, 0.2) is 15.8 Å². The number of thioether (sulfide) groups is 1. The van der Waals surface area contributed by atoms with Gasteiger partial charge in [0.05, 0.1) is 10.6 Å². The van der Waals surface area contributed by atoms with E-state index in [0.29, 0.717) is 11.4 Å². The van der Waals surface area contributed by atoms with Crippen molar-refractivity contribution in [3.63, 3.8) is 0 Å². The van der Waals surface area contributed by atoms with Gasteiger partial charge in [-0.05, 0) is 36.2 Å². The molecule has 1 fully saturated rings. The molecular weight excluding hydrogens is 302 g/mol. The van der Waals surface area contributed by atoms with Gasteiger partial charge in [0.1, 0.15) is 17.2 Å². The number of nitrogens with zero attached hydrogens (tertiary/aromatic N) is 2. The van der Waals surface area contributed by atoms with Gasteiger partial charge < -0.3 is 10.1 Å². The minimum Gasteiger partial charge on any atom is -0.377 e. The first-order valence-electron chi connectivity index (χ1n) is 5.75. The molecule has 1 N–H and O–H groups in total. The molecule has 1 aliphatic heterocycles. The number of hydrogen-bond donors (Lipinski definition) is 1. The predicted octanol–water partition coefficient (Wildman–Crippen LogP) is 2.94. The van der Waals surface area contributed by atoms with E-state index in [4.69, 9.17) is 4.74 Å². The van der Waals surface area contributed by atoms with Crippen molar-refractivity contribution in [1.29, 1.82) is 0 Å². The number of halogens is 1. The van der Waals surface area contributed by atoms with E-state index in [2.05, 4.69) is 38.1 Å². The van der Waals surface area contributed by atoms with Crippen LogP contribution in [0.1, 0.15) is 20.3 Å². The Morgan fingerprint density at radius 2 is 2.41 bits per heavy atom. The van der Waals surface area contributed by atoms with Gasteiger partial charge in [0.15, 0.2) is 0 Å². The van der Waals surface area contributed by atoms with Crippen molar-refractivity contribution in [2.75, 3.05) is 18.5 Å². The van der Waals surface area contributed by atoms with Crippen LogP contribution in [0.2, 0.25) is 0 Å². The Bertz CT molecular complexity index is 391. The average Bonchev–Trinajstić information content (AvgIpc) is 2.70. The van der Waals surface area contributed by atoms with Crippen LogP contribution in [0, 0.1) is 0 Å². The van der Waals surface area contributed by atoms with E-state index in [-0.39, 0.29) is 0 Å². The molecule has 2 unspecified atom stereocenters. The van der Waals surface area contributed by atoms with Gasteiger partial charge in [0, 0.05) is 18.4 Å². The molecule has 2 atom stereocenters. The van der Waals surface area contributed by atoms with Crippen LogP contribution in [0.5, 0.6) is 0 Å². The standard InChI is InChI=1S/C11H16BrN3OS/c1-3-13-10-9(12)11(15-6-14-10)17-8-4-5-16-7(8)2/h6-8H,3-5H2,1-2H3,(H,13,14,15). The fraction of sp³-hybridized carbons (Fsp3) is 0.636. The zero-order chi connectivity index (χ0) is 12.3. The molecule has 2 heterocycles. The molecule has 2 rings (SSSR count). The Labute approximate surface area is 114 Å². The molecule has 1 saturated heterocycles. The van der Waals surface area contributed by atoms with Crippen molar-refractivity contribution in [2.45, 2.75) is 36.6 Å². The Morgan fingerprint density at radius 3 is 3.06 bits per heavy atom. The molecule has 0 aliphatic carbocycles. The van der Waals surface area contributed by atoms with Crippen LogP contribution < -0.4 is 5.32 Å². The first kappa shape index (κ1) is 13.1. The number of aromatic nitrogens is 2. The molecule has 1 aromatic heterocycles. The molecule has 6 heteroatoms. The van der Waals surface area contributed by atoms with E-state index in [1.807, 2.05) is 6.92 Å². The Kier molecular flexibility index (Phi) is 4.64. The highest BCUT2D eigenvalue weighted by Crippen LogP contribution is 2.37. The van der Waals surface area contributed by atoms with Gasteiger partial charge in [-0.1, -0.05) is 11.8 Å². The third-order valence-electron chi connectivity index (χ3n) is 2.67. The highest BCUT2D eigenvalue weighted by molar-refractivity contribution is 9.10. The van der Waals surface area contributed by atoms with Crippen molar-refractivity contribution in [2.24, 2.45) is 0 Å². The molecule has 0 aromatic carbocycles. The molecule has 0 saturated carbocycles. The maximum Gasteiger partial charge on any atom is 0.144 e. The number of rotatable bonds is 4. The van der Waals surface area contributed by atoms with Crippen LogP contribution >= 0.6 is 27.7 Å². The van der Waals surface area contributed by atoms with Crippen LogP contribution in [-0.2, 0) is 4.74 Å². The van der Waals surface area contributed by atoms with Gasteiger partial charge in [0.2, 0.25) is 0 Å². The highest BCUT2D eigenvalue weighted by atomic mass is 79.9. The first-order valence-corrected chi connectivity index (χ1v) is 7.42. The molecule has 0 radical (unpaired) electrons. The van der Waals surface area contributed by atoms with Crippen LogP contribution in [-0.4, -0.2) is 34.5 Å². The van der Waals surface area contributed by atoms with Gasteiger partial charge in [-0.2, -0.15) is 0 Å². The summed E-state index contributed by atoms with van der Waals surface area (Å²) in [6, 6.07) is 0. The molecule has 4 nitrogen and oxygen atoms in total.